The quantitative estimate of drug-likeness (QED) is 0.803. The van der Waals surface area contributed by atoms with E-state index in [2.05, 4.69) is 41.5 Å². The monoisotopic (exact) mass is 232 g/mol. The maximum absolute atomic E-state index is 5.39. The number of H-pyrrole nitrogens is 1. The highest BCUT2D eigenvalue weighted by Gasteiger charge is 2.04. The molecule has 1 aromatic carbocycles. The van der Waals surface area contributed by atoms with Gasteiger partial charge in [-0.15, -0.1) is 0 Å². The normalized spacial score (nSPS) is 13.1. The van der Waals surface area contributed by atoms with Crippen molar-refractivity contribution in [2.45, 2.75) is 26.4 Å². The Morgan fingerprint density at radius 1 is 1.35 bits per heavy atom. The average Bonchev–Trinajstić information content (AvgIpc) is 2.82. The molecule has 0 radical (unpaired) electrons. The molecule has 3 nitrogen and oxygen atoms in total. The molecule has 0 fully saturated rings. The molecule has 17 heavy (non-hydrogen) atoms. The van der Waals surface area contributed by atoms with Crippen LogP contribution in [0.2, 0.25) is 0 Å². The molecular weight excluding hydrogens is 212 g/mol. The molecule has 0 spiro atoms. The fraction of sp³-hybridized carbons (Fsp3) is 0.429. The largest absolute Gasteiger partial charge is 0.380 e. The number of para-hydroxylation sites is 1. The predicted octanol–water partition coefficient (Wildman–Crippen LogP) is 2.68. The molecule has 1 heterocycles. The molecule has 1 aromatic heterocycles. The lowest BCUT2D eigenvalue weighted by atomic mass is 10.1. The fourth-order valence-corrected chi connectivity index (χ4v) is 1.93. The van der Waals surface area contributed by atoms with E-state index in [1.54, 1.807) is 0 Å². The summed E-state index contributed by atoms with van der Waals surface area (Å²) >= 11 is 0. The first-order chi connectivity index (χ1) is 8.31. The Labute approximate surface area is 102 Å². The van der Waals surface area contributed by atoms with Crippen LogP contribution in [0.25, 0.3) is 10.9 Å². The van der Waals surface area contributed by atoms with Gasteiger partial charge in [0.25, 0.3) is 0 Å². The number of aromatic amines is 1. The standard InChI is InChI=1S/C14H20N2O/c1-3-17-10-11(2)16-9-13-6-4-5-12-7-8-15-14(12)13/h4-8,11,15-16H,3,9-10H2,1-2H3. The Morgan fingerprint density at radius 3 is 3.06 bits per heavy atom. The second-order valence-corrected chi connectivity index (χ2v) is 4.30. The van der Waals surface area contributed by atoms with Gasteiger partial charge >= 0.3 is 0 Å². The number of ether oxygens (including phenoxy) is 1. The molecule has 0 amide bonds. The number of aromatic nitrogens is 1. The van der Waals surface area contributed by atoms with Crippen molar-refractivity contribution in [2.24, 2.45) is 0 Å². The van der Waals surface area contributed by atoms with E-state index in [4.69, 9.17) is 4.74 Å². The van der Waals surface area contributed by atoms with Crippen molar-refractivity contribution in [3.05, 3.63) is 36.0 Å². The smallest absolute Gasteiger partial charge is 0.0616 e. The fourth-order valence-electron chi connectivity index (χ4n) is 1.93. The van der Waals surface area contributed by atoms with E-state index in [0.29, 0.717) is 6.04 Å². The van der Waals surface area contributed by atoms with Crippen LogP contribution in [0.4, 0.5) is 0 Å². The molecule has 92 valence electrons. The number of fused-ring (bicyclic) bond motifs is 1. The molecule has 1 atom stereocenters. The molecule has 2 N–H and O–H groups in total. The minimum atomic E-state index is 0.375. The van der Waals surface area contributed by atoms with E-state index in [9.17, 15) is 0 Å². The van der Waals surface area contributed by atoms with Gasteiger partial charge in [-0.05, 0) is 30.9 Å². The average molecular weight is 232 g/mol. The third kappa shape index (κ3) is 3.08. The zero-order chi connectivity index (χ0) is 12.1. The highest BCUT2D eigenvalue weighted by Crippen LogP contribution is 2.16. The van der Waals surface area contributed by atoms with Crippen molar-refractivity contribution in [1.29, 1.82) is 0 Å². The molecular formula is C14H20N2O. The van der Waals surface area contributed by atoms with E-state index >= 15 is 0 Å². The summed E-state index contributed by atoms with van der Waals surface area (Å²) in [4.78, 5) is 3.28. The third-order valence-electron chi connectivity index (χ3n) is 2.89. The van der Waals surface area contributed by atoms with Crippen LogP contribution in [0.5, 0.6) is 0 Å². The van der Waals surface area contributed by atoms with Gasteiger partial charge in [0.15, 0.2) is 0 Å². The van der Waals surface area contributed by atoms with Crippen LogP contribution >= 0.6 is 0 Å². The summed E-state index contributed by atoms with van der Waals surface area (Å²) in [5.74, 6) is 0. The van der Waals surface area contributed by atoms with Gasteiger partial charge in [-0.2, -0.15) is 0 Å². The van der Waals surface area contributed by atoms with Gasteiger partial charge in [0.1, 0.15) is 0 Å². The van der Waals surface area contributed by atoms with Crippen molar-refractivity contribution < 1.29 is 4.74 Å². The van der Waals surface area contributed by atoms with Gasteiger partial charge in [0, 0.05) is 30.9 Å². The molecule has 0 aliphatic rings. The van der Waals surface area contributed by atoms with E-state index < -0.39 is 0 Å². The van der Waals surface area contributed by atoms with Gasteiger partial charge in [0.05, 0.1) is 6.61 Å². The van der Waals surface area contributed by atoms with Crippen LogP contribution in [0.3, 0.4) is 0 Å². The van der Waals surface area contributed by atoms with Crippen LogP contribution in [-0.4, -0.2) is 24.2 Å². The van der Waals surface area contributed by atoms with Crippen LogP contribution in [0, 0.1) is 0 Å². The van der Waals surface area contributed by atoms with E-state index in [-0.39, 0.29) is 0 Å². The maximum atomic E-state index is 5.39. The molecule has 0 aliphatic heterocycles. The van der Waals surface area contributed by atoms with Crippen molar-refractivity contribution >= 4 is 10.9 Å². The Bertz CT molecular complexity index is 464. The summed E-state index contributed by atoms with van der Waals surface area (Å²) in [7, 11) is 0. The van der Waals surface area contributed by atoms with Gasteiger partial charge in [-0.3, -0.25) is 0 Å². The Kier molecular flexibility index (Phi) is 4.18. The van der Waals surface area contributed by atoms with Gasteiger partial charge in [-0.1, -0.05) is 18.2 Å². The Balaban J connectivity index is 1.96. The summed E-state index contributed by atoms with van der Waals surface area (Å²) in [6.45, 7) is 6.57. The van der Waals surface area contributed by atoms with Gasteiger partial charge in [-0.25, -0.2) is 0 Å². The number of rotatable bonds is 6. The summed E-state index contributed by atoms with van der Waals surface area (Å²) < 4.78 is 5.39. The summed E-state index contributed by atoms with van der Waals surface area (Å²) in [6, 6.07) is 8.85. The van der Waals surface area contributed by atoms with Crippen molar-refractivity contribution in [3.63, 3.8) is 0 Å². The minimum Gasteiger partial charge on any atom is -0.380 e. The lowest BCUT2D eigenvalue weighted by Gasteiger charge is -2.14. The molecule has 0 aliphatic carbocycles. The topological polar surface area (TPSA) is 37.0 Å². The van der Waals surface area contributed by atoms with Crippen LogP contribution in [-0.2, 0) is 11.3 Å². The van der Waals surface area contributed by atoms with Crippen LogP contribution in [0.15, 0.2) is 30.5 Å². The molecule has 0 saturated carbocycles. The maximum Gasteiger partial charge on any atom is 0.0616 e. The molecule has 3 heteroatoms. The second kappa shape index (κ2) is 5.84. The third-order valence-corrected chi connectivity index (χ3v) is 2.89. The Hall–Kier alpha value is -1.32. The Morgan fingerprint density at radius 2 is 2.24 bits per heavy atom. The first-order valence-electron chi connectivity index (χ1n) is 6.17. The number of benzene rings is 1. The first-order valence-corrected chi connectivity index (χ1v) is 6.17. The summed E-state index contributed by atoms with van der Waals surface area (Å²) in [6.07, 6.45) is 1.98. The van der Waals surface area contributed by atoms with E-state index in [1.165, 1.54) is 16.5 Å². The second-order valence-electron chi connectivity index (χ2n) is 4.30. The molecule has 2 rings (SSSR count). The molecule has 0 saturated heterocycles. The highest BCUT2D eigenvalue weighted by atomic mass is 16.5. The lowest BCUT2D eigenvalue weighted by molar-refractivity contribution is 0.127. The van der Waals surface area contributed by atoms with Gasteiger partial charge < -0.3 is 15.0 Å². The zero-order valence-electron chi connectivity index (χ0n) is 10.5. The summed E-state index contributed by atoms with van der Waals surface area (Å²) in [5, 5.41) is 4.74. The molecule has 0 bridgehead atoms. The summed E-state index contributed by atoms with van der Waals surface area (Å²) in [5.41, 5.74) is 2.53. The minimum absolute atomic E-state index is 0.375. The number of nitrogens with one attached hydrogen (secondary N) is 2. The SMILES string of the molecule is CCOCC(C)NCc1cccc2cc[nH]c12. The van der Waals surface area contributed by atoms with Crippen molar-refractivity contribution in [1.82, 2.24) is 10.3 Å². The number of hydrogen-bond acceptors (Lipinski definition) is 2. The van der Waals surface area contributed by atoms with E-state index in [0.717, 1.165) is 19.8 Å². The zero-order valence-corrected chi connectivity index (χ0v) is 10.5. The predicted molar refractivity (Wildman–Crippen MR) is 71.1 cm³/mol. The lowest BCUT2D eigenvalue weighted by Crippen LogP contribution is -2.30. The van der Waals surface area contributed by atoms with Crippen LogP contribution < -0.4 is 5.32 Å². The van der Waals surface area contributed by atoms with Crippen LogP contribution in [0.1, 0.15) is 19.4 Å². The van der Waals surface area contributed by atoms with Gasteiger partial charge in [0.2, 0.25) is 0 Å². The molecule has 1 unspecified atom stereocenters. The first kappa shape index (κ1) is 12.1. The van der Waals surface area contributed by atoms with E-state index in [1.807, 2.05) is 13.1 Å². The van der Waals surface area contributed by atoms with Crippen molar-refractivity contribution in [2.75, 3.05) is 13.2 Å². The van der Waals surface area contributed by atoms with Crippen molar-refractivity contribution in [3.8, 4) is 0 Å². The number of hydrogen-bond donors (Lipinski definition) is 2. The highest BCUT2D eigenvalue weighted by molar-refractivity contribution is 5.82. The molecule has 2 aromatic rings.